The van der Waals surface area contributed by atoms with E-state index in [1.807, 2.05) is 30.3 Å². The molecule has 1 amide bonds. The lowest BCUT2D eigenvalue weighted by Gasteiger charge is -2.16. The molecule has 2 aromatic heterocycles. The SMILES string of the molecule is O=C1NCCc2ccc(-c3ccc(-c4cncc(NSc5ccc(F)cc5F)c4)s3)cc21. The molecule has 4 aromatic rings. The van der Waals surface area contributed by atoms with Crippen molar-refractivity contribution >= 4 is 34.9 Å². The molecule has 8 heteroatoms. The van der Waals surface area contributed by atoms with E-state index in [1.165, 1.54) is 12.1 Å². The standard InChI is InChI=1S/C24H17F2N3OS2/c25-17-3-4-23(20(26)11-17)32-29-18-9-16(12-27-13-18)22-6-5-21(31-22)15-2-1-14-7-8-28-24(30)19(14)10-15/h1-6,9-13,29H,7-8H2,(H,28,30). The van der Waals surface area contributed by atoms with Crippen molar-refractivity contribution < 1.29 is 13.6 Å². The smallest absolute Gasteiger partial charge is 0.251 e. The minimum absolute atomic E-state index is 0.0250. The molecule has 2 N–H and O–H groups in total. The molecule has 0 radical (unpaired) electrons. The number of hydrogen-bond acceptors (Lipinski definition) is 5. The van der Waals surface area contributed by atoms with Crippen LogP contribution in [0.2, 0.25) is 0 Å². The molecule has 1 aliphatic rings. The number of hydrogen-bond donors (Lipinski definition) is 2. The van der Waals surface area contributed by atoms with Crippen LogP contribution in [0.25, 0.3) is 20.9 Å². The van der Waals surface area contributed by atoms with Gasteiger partial charge in [0.25, 0.3) is 5.91 Å². The zero-order valence-corrected chi connectivity index (χ0v) is 18.3. The number of halogens is 2. The lowest BCUT2D eigenvalue weighted by molar-refractivity contribution is 0.0946. The Kier molecular flexibility index (Phi) is 5.63. The van der Waals surface area contributed by atoms with Crippen LogP contribution in [-0.2, 0) is 6.42 Å². The summed E-state index contributed by atoms with van der Waals surface area (Å²) in [6.07, 6.45) is 4.26. The van der Waals surface area contributed by atoms with Crippen LogP contribution < -0.4 is 10.0 Å². The minimum atomic E-state index is -0.617. The second-order valence-corrected chi connectivity index (χ2v) is 9.21. The highest BCUT2D eigenvalue weighted by molar-refractivity contribution is 8.00. The molecular weight excluding hydrogens is 448 g/mol. The van der Waals surface area contributed by atoms with Crippen LogP contribution in [0.15, 0.2) is 71.9 Å². The third kappa shape index (κ3) is 4.24. The molecule has 0 saturated carbocycles. The van der Waals surface area contributed by atoms with Gasteiger partial charge in [0, 0.05) is 39.7 Å². The summed E-state index contributed by atoms with van der Waals surface area (Å²) in [7, 11) is 0. The molecule has 5 rings (SSSR count). The van der Waals surface area contributed by atoms with Crippen LogP contribution in [0.3, 0.4) is 0 Å². The molecule has 32 heavy (non-hydrogen) atoms. The van der Waals surface area contributed by atoms with Crippen LogP contribution in [0.1, 0.15) is 15.9 Å². The van der Waals surface area contributed by atoms with Crippen LogP contribution in [0.4, 0.5) is 14.5 Å². The maximum absolute atomic E-state index is 13.9. The Bertz CT molecular complexity index is 1320. The normalized spacial score (nSPS) is 12.9. The predicted octanol–water partition coefficient (Wildman–Crippen LogP) is 6.16. The van der Waals surface area contributed by atoms with E-state index in [2.05, 4.69) is 21.1 Å². The Morgan fingerprint density at radius 1 is 0.969 bits per heavy atom. The second kappa shape index (κ2) is 8.72. The average molecular weight is 466 g/mol. The predicted molar refractivity (Wildman–Crippen MR) is 125 cm³/mol. The van der Waals surface area contributed by atoms with Gasteiger partial charge in [0.2, 0.25) is 0 Å². The van der Waals surface area contributed by atoms with Gasteiger partial charge in [-0.25, -0.2) is 8.78 Å². The number of carbonyl (C=O) groups is 1. The van der Waals surface area contributed by atoms with Gasteiger partial charge < -0.3 is 10.0 Å². The van der Waals surface area contributed by atoms with Crippen molar-refractivity contribution in [3.8, 4) is 20.9 Å². The first-order valence-electron chi connectivity index (χ1n) is 9.91. The van der Waals surface area contributed by atoms with Gasteiger partial charge in [-0.15, -0.1) is 11.3 Å². The molecule has 3 heterocycles. The van der Waals surface area contributed by atoms with Crippen LogP contribution >= 0.6 is 23.3 Å². The number of aromatic nitrogens is 1. The lowest BCUT2D eigenvalue weighted by Crippen LogP contribution is -2.31. The first-order chi connectivity index (χ1) is 15.6. The number of carbonyl (C=O) groups excluding carboxylic acids is 1. The quantitative estimate of drug-likeness (QED) is 0.347. The zero-order chi connectivity index (χ0) is 22.1. The number of nitrogens with one attached hydrogen (secondary N) is 2. The van der Waals surface area contributed by atoms with E-state index in [1.54, 1.807) is 23.7 Å². The van der Waals surface area contributed by atoms with Gasteiger partial charge in [-0.2, -0.15) is 0 Å². The average Bonchev–Trinajstić information content (AvgIpc) is 3.29. The van der Waals surface area contributed by atoms with Crippen molar-refractivity contribution in [3.63, 3.8) is 0 Å². The van der Waals surface area contributed by atoms with Gasteiger partial charge in [-0.1, -0.05) is 12.1 Å². The van der Waals surface area contributed by atoms with Gasteiger partial charge >= 0.3 is 0 Å². The molecule has 1 aliphatic heterocycles. The highest BCUT2D eigenvalue weighted by atomic mass is 32.2. The van der Waals surface area contributed by atoms with Gasteiger partial charge in [-0.3, -0.25) is 9.78 Å². The summed E-state index contributed by atoms with van der Waals surface area (Å²) in [5.41, 5.74) is 4.44. The molecule has 4 nitrogen and oxygen atoms in total. The highest BCUT2D eigenvalue weighted by Crippen LogP contribution is 2.36. The first-order valence-corrected chi connectivity index (χ1v) is 11.5. The summed E-state index contributed by atoms with van der Waals surface area (Å²) in [5, 5.41) is 2.89. The number of amides is 1. The number of fused-ring (bicyclic) bond motifs is 1. The van der Waals surface area contributed by atoms with E-state index in [-0.39, 0.29) is 5.91 Å². The van der Waals surface area contributed by atoms with E-state index in [9.17, 15) is 13.6 Å². The van der Waals surface area contributed by atoms with Crippen molar-refractivity contribution in [2.75, 3.05) is 11.3 Å². The minimum Gasteiger partial charge on any atom is -0.352 e. The fourth-order valence-corrected chi connectivity index (χ4v) is 5.13. The summed E-state index contributed by atoms with van der Waals surface area (Å²) >= 11 is 2.67. The van der Waals surface area contributed by atoms with E-state index in [0.717, 1.165) is 56.4 Å². The van der Waals surface area contributed by atoms with E-state index in [0.29, 0.717) is 17.1 Å². The Balaban J connectivity index is 1.35. The van der Waals surface area contributed by atoms with Crippen molar-refractivity contribution in [2.45, 2.75) is 11.3 Å². The Labute approximate surface area is 191 Å². The van der Waals surface area contributed by atoms with Gasteiger partial charge in [0.05, 0.1) is 16.8 Å². The van der Waals surface area contributed by atoms with Crippen LogP contribution in [-0.4, -0.2) is 17.4 Å². The molecule has 0 spiro atoms. The fraction of sp³-hybridized carbons (Fsp3) is 0.0833. The monoisotopic (exact) mass is 465 g/mol. The fourth-order valence-electron chi connectivity index (χ4n) is 3.52. The third-order valence-corrected chi connectivity index (χ3v) is 7.19. The summed E-state index contributed by atoms with van der Waals surface area (Å²) < 4.78 is 30.0. The van der Waals surface area contributed by atoms with Crippen molar-refractivity contribution in [3.05, 3.63) is 89.8 Å². The van der Waals surface area contributed by atoms with Crippen molar-refractivity contribution in [1.82, 2.24) is 10.3 Å². The summed E-state index contributed by atoms with van der Waals surface area (Å²) in [4.78, 5) is 18.8. The molecule has 0 aliphatic carbocycles. The topological polar surface area (TPSA) is 54.0 Å². The van der Waals surface area contributed by atoms with Crippen molar-refractivity contribution in [1.29, 1.82) is 0 Å². The van der Waals surface area contributed by atoms with Crippen molar-refractivity contribution in [2.24, 2.45) is 0 Å². The van der Waals surface area contributed by atoms with Gasteiger partial charge in [0.1, 0.15) is 11.6 Å². The van der Waals surface area contributed by atoms with Gasteiger partial charge in [-0.05, 0) is 65.9 Å². The number of thiophene rings is 1. The van der Waals surface area contributed by atoms with Crippen LogP contribution in [0.5, 0.6) is 0 Å². The summed E-state index contributed by atoms with van der Waals surface area (Å²) in [6, 6.07) is 15.5. The zero-order valence-electron chi connectivity index (χ0n) is 16.7. The molecule has 0 atom stereocenters. The Morgan fingerprint density at radius 2 is 1.81 bits per heavy atom. The van der Waals surface area contributed by atoms with E-state index >= 15 is 0 Å². The molecule has 0 fully saturated rings. The lowest BCUT2D eigenvalue weighted by atomic mass is 9.97. The molecule has 0 bridgehead atoms. The molecule has 160 valence electrons. The van der Waals surface area contributed by atoms with Gasteiger partial charge in [0.15, 0.2) is 0 Å². The number of pyridine rings is 1. The maximum Gasteiger partial charge on any atom is 0.251 e. The molecule has 0 saturated heterocycles. The molecule has 0 unspecified atom stereocenters. The highest BCUT2D eigenvalue weighted by Gasteiger charge is 2.17. The van der Waals surface area contributed by atoms with E-state index < -0.39 is 11.6 Å². The third-order valence-electron chi connectivity index (χ3n) is 5.12. The Morgan fingerprint density at radius 3 is 2.66 bits per heavy atom. The number of nitrogens with zero attached hydrogens (tertiary/aromatic N) is 1. The number of anilines is 1. The summed E-state index contributed by atoms with van der Waals surface area (Å²) in [6.45, 7) is 0.678. The number of rotatable bonds is 5. The van der Waals surface area contributed by atoms with E-state index in [4.69, 9.17) is 0 Å². The maximum atomic E-state index is 13.9. The summed E-state index contributed by atoms with van der Waals surface area (Å²) in [5.74, 6) is -1.25. The number of benzene rings is 2. The van der Waals surface area contributed by atoms with Crippen LogP contribution in [0, 0.1) is 11.6 Å². The largest absolute Gasteiger partial charge is 0.352 e. The Hall–Kier alpha value is -3.23. The second-order valence-electron chi connectivity index (χ2n) is 7.28. The molecular formula is C24H17F2N3OS2. The first kappa shape index (κ1) is 20.7. The molecule has 2 aromatic carbocycles.